The number of para-hydroxylation sites is 1. The second-order valence-electron chi connectivity index (χ2n) is 6.19. The highest BCUT2D eigenvalue weighted by atomic mass is 127. The maximum Gasteiger partial charge on any atom is 0.266 e. The lowest BCUT2D eigenvalue weighted by atomic mass is 10.1. The van der Waals surface area contributed by atoms with Gasteiger partial charge in [0.05, 0.1) is 12.8 Å². The lowest BCUT2D eigenvalue weighted by molar-refractivity contribution is -0.112. The number of ether oxygens (including phenoxy) is 1. The van der Waals surface area contributed by atoms with Crippen LogP contribution in [0, 0.1) is 22.0 Å². The van der Waals surface area contributed by atoms with Crippen molar-refractivity contribution in [2.75, 3.05) is 5.32 Å². The van der Waals surface area contributed by atoms with E-state index in [2.05, 4.69) is 73.1 Å². The maximum absolute atomic E-state index is 12.6. The van der Waals surface area contributed by atoms with Crippen LogP contribution in [0.2, 0.25) is 0 Å². The topological polar surface area (TPSA) is 62.1 Å². The molecule has 4 nitrogen and oxygen atoms in total. The Morgan fingerprint density at radius 2 is 1.60 bits per heavy atom. The maximum atomic E-state index is 12.6. The average Bonchev–Trinajstić information content (AvgIpc) is 2.73. The Labute approximate surface area is 216 Å². The molecule has 0 aromatic heterocycles. The highest BCUT2D eigenvalue weighted by molar-refractivity contribution is 14.1. The predicted molar refractivity (Wildman–Crippen MR) is 144 cm³/mol. The summed E-state index contributed by atoms with van der Waals surface area (Å²) < 4.78 is 8.73. The minimum absolute atomic E-state index is 0.0409. The van der Waals surface area contributed by atoms with Crippen molar-refractivity contribution in [1.82, 2.24) is 0 Å². The third-order valence-corrected chi connectivity index (χ3v) is 6.59. The Kier molecular flexibility index (Phi) is 8.52. The van der Waals surface area contributed by atoms with E-state index in [0.29, 0.717) is 12.3 Å². The molecule has 1 amide bonds. The fourth-order valence-electron chi connectivity index (χ4n) is 2.60. The summed E-state index contributed by atoms with van der Waals surface area (Å²) in [6.07, 6.45) is 1.59. The van der Waals surface area contributed by atoms with Crippen LogP contribution in [0.15, 0.2) is 72.3 Å². The molecule has 1 N–H and O–H groups in total. The highest BCUT2D eigenvalue weighted by Crippen LogP contribution is 2.30. The van der Waals surface area contributed by atoms with Gasteiger partial charge >= 0.3 is 0 Å². The Morgan fingerprint density at radius 1 is 0.967 bits per heavy atom. The van der Waals surface area contributed by atoms with Gasteiger partial charge in [0, 0.05) is 3.57 Å². The number of anilines is 1. The van der Waals surface area contributed by atoms with Crippen LogP contribution in [0.4, 0.5) is 5.69 Å². The van der Waals surface area contributed by atoms with E-state index < -0.39 is 5.91 Å². The summed E-state index contributed by atoms with van der Waals surface area (Å²) in [6.45, 7) is 0.476. The van der Waals surface area contributed by atoms with Crippen molar-refractivity contribution in [3.63, 3.8) is 0 Å². The summed E-state index contributed by atoms with van der Waals surface area (Å²) in [7, 11) is 0. The van der Waals surface area contributed by atoms with Gasteiger partial charge in [0.25, 0.3) is 5.91 Å². The Morgan fingerprint density at radius 3 is 2.23 bits per heavy atom. The zero-order valence-corrected chi connectivity index (χ0v) is 22.0. The molecule has 3 rings (SSSR count). The van der Waals surface area contributed by atoms with Crippen molar-refractivity contribution >= 4 is 85.4 Å². The first-order chi connectivity index (χ1) is 14.5. The van der Waals surface area contributed by atoms with Crippen LogP contribution in [-0.2, 0) is 11.4 Å². The van der Waals surface area contributed by atoms with Crippen molar-refractivity contribution in [3.8, 4) is 11.8 Å². The normalized spacial score (nSPS) is 10.9. The molecular formula is C23H15I3N2O2. The van der Waals surface area contributed by atoms with Gasteiger partial charge in [-0.15, -0.1) is 0 Å². The van der Waals surface area contributed by atoms with Gasteiger partial charge in [-0.1, -0.05) is 42.5 Å². The quantitative estimate of drug-likeness (QED) is 0.176. The summed E-state index contributed by atoms with van der Waals surface area (Å²) in [5.41, 5.74) is 2.58. The molecule has 0 saturated carbocycles. The monoisotopic (exact) mass is 732 g/mol. The van der Waals surface area contributed by atoms with Crippen LogP contribution in [0.25, 0.3) is 6.08 Å². The van der Waals surface area contributed by atoms with Gasteiger partial charge < -0.3 is 10.1 Å². The molecule has 0 aliphatic heterocycles. The zero-order valence-electron chi connectivity index (χ0n) is 15.5. The van der Waals surface area contributed by atoms with E-state index in [1.165, 1.54) is 0 Å². The number of hydrogen-bond acceptors (Lipinski definition) is 3. The zero-order chi connectivity index (χ0) is 21.5. The minimum Gasteiger partial charge on any atom is -0.487 e. The molecule has 3 aromatic rings. The second kappa shape index (κ2) is 11.1. The SMILES string of the molecule is N#C/C(=C/c1cc(I)c(OCc2ccccc2)c(I)c1)C(=O)Nc1ccccc1I. The fourth-order valence-corrected chi connectivity index (χ4v) is 5.25. The van der Waals surface area contributed by atoms with Crippen LogP contribution < -0.4 is 10.1 Å². The number of halogens is 3. The predicted octanol–water partition coefficient (Wildman–Crippen LogP) is 6.63. The van der Waals surface area contributed by atoms with E-state index in [1.807, 2.05) is 66.7 Å². The van der Waals surface area contributed by atoms with E-state index >= 15 is 0 Å². The van der Waals surface area contributed by atoms with Crippen LogP contribution in [-0.4, -0.2) is 5.91 Å². The number of hydrogen-bond donors (Lipinski definition) is 1. The number of benzene rings is 3. The van der Waals surface area contributed by atoms with E-state index in [1.54, 1.807) is 12.1 Å². The summed E-state index contributed by atoms with van der Waals surface area (Å²) in [5, 5.41) is 12.3. The third kappa shape index (κ3) is 6.18. The first kappa shape index (κ1) is 23.0. The lowest BCUT2D eigenvalue weighted by Gasteiger charge is -2.12. The van der Waals surface area contributed by atoms with Crippen LogP contribution in [0.1, 0.15) is 11.1 Å². The smallest absolute Gasteiger partial charge is 0.266 e. The van der Waals surface area contributed by atoms with Crippen LogP contribution >= 0.6 is 67.8 Å². The van der Waals surface area contributed by atoms with E-state index in [-0.39, 0.29) is 5.57 Å². The van der Waals surface area contributed by atoms with Gasteiger partial charge in [-0.2, -0.15) is 5.26 Å². The summed E-state index contributed by atoms with van der Waals surface area (Å²) >= 11 is 6.56. The van der Waals surface area contributed by atoms with Gasteiger partial charge in [-0.3, -0.25) is 4.79 Å². The van der Waals surface area contributed by atoms with Crippen molar-refractivity contribution in [2.45, 2.75) is 6.61 Å². The number of nitrogens with zero attached hydrogens (tertiary/aromatic N) is 1. The molecule has 7 heteroatoms. The van der Waals surface area contributed by atoms with Gasteiger partial charge in [-0.25, -0.2) is 0 Å². The van der Waals surface area contributed by atoms with Crippen molar-refractivity contribution in [1.29, 1.82) is 5.26 Å². The van der Waals surface area contributed by atoms with Gasteiger partial charge in [0.15, 0.2) is 0 Å². The second-order valence-corrected chi connectivity index (χ2v) is 9.68. The Balaban J connectivity index is 1.79. The summed E-state index contributed by atoms with van der Waals surface area (Å²) in [5.74, 6) is 0.357. The molecule has 0 aliphatic rings. The fraction of sp³-hybridized carbons (Fsp3) is 0.0435. The highest BCUT2D eigenvalue weighted by Gasteiger charge is 2.13. The first-order valence-corrected chi connectivity index (χ1v) is 12.0. The van der Waals surface area contributed by atoms with Crippen LogP contribution in [0.5, 0.6) is 5.75 Å². The van der Waals surface area contributed by atoms with Gasteiger partial charge in [0.1, 0.15) is 24.0 Å². The largest absolute Gasteiger partial charge is 0.487 e. The first-order valence-electron chi connectivity index (χ1n) is 8.81. The minimum atomic E-state index is -0.434. The average molecular weight is 732 g/mol. The Hall–Kier alpha value is -1.65. The molecule has 0 atom stereocenters. The Bertz CT molecular complexity index is 1120. The van der Waals surface area contributed by atoms with E-state index in [9.17, 15) is 10.1 Å². The molecule has 0 heterocycles. The van der Waals surface area contributed by atoms with Crippen molar-refractivity contribution < 1.29 is 9.53 Å². The standard InChI is InChI=1S/C23H15I3N2O2/c24-18-8-4-5-9-21(18)28-23(29)17(13-27)10-16-11-19(25)22(20(26)12-16)30-14-15-6-2-1-3-7-15/h1-12H,14H2,(H,28,29)/b17-10-. The third-order valence-electron chi connectivity index (χ3n) is 4.04. The molecule has 0 radical (unpaired) electrons. The van der Waals surface area contributed by atoms with Crippen molar-refractivity contribution in [2.24, 2.45) is 0 Å². The van der Waals surface area contributed by atoms with Crippen molar-refractivity contribution in [3.05, 3.63) is 94.1 Å². The number of rotatable bonds is 6. The molecule has 0 fully saturated rings. The molecule has 0 saturated heterocycles. The molecule has 3 aromatic carbocycles. The molecule has 0 aliphatic carbocycles. The van der Waals surface area contributed by atoms with E-state index in [4.69, 9.17) is 4.74 Å². The number of carbonyl (C=O) groups excluding carboxylic acids is 1. The molecule has 0 unspecified atom stereocenters. The lowest BCUT2D eigenvalue weighted by Crippen LogP contribution is -2.14. The number of nitriles is 1. The molecule has 0 spiro atoms. The van der Waals surface area contributed by atoms with Gasteiger partial charge in [0.2, 0.25) is 0 Å². The molecule has 30 heavy (non-hydrogen) atoms. The molecule has 150 valence electrons. The number of nitrogens with one attached hydrogen (secondary N) is 1. The molecule has 0 bridgehead atoms. The van der Waals surface area contributed by atoms with Crippen LogP contribution in [0.3, 0.4) is 0 Å². The summed E-state index contributed by atoms with van der Waals surface area (Å²) in [4.78, 5) is 12.6. The number of amides is 1. The number of carbonyl (C=O) groups is 1. The van der Waals surface area contributed by atoms with E-state index in [0.717, 1.165) is 27.6 Å². The van der Waals surface area contributed by atoms with Gasteiger partial charge in [-0.05, 0) is 109 Å². The summed E-state index contributed by atoms with van der Waals surface area (Å²) in [6, 6.07) is 23.2. The molecular weight excluding hydrogens is 717 g/mol.